The predicted molar refractivity (Wildman–Crippen MR) is 81.6 cm³/mol. The maximum atomic E-state index is 13.9. The Labute approximate surface area is 133 Å². The molecule has 1 aliphatic rings. The Balaban J connectivity index is 1.68. The maximum absolute atomic E-state index is 13.9. The molecule has 0 aliphatic heterocycles. The Morgan fingerprint density at radius 1 is 1.48 bits per heavy atom. The van der Waals surface area contributed by atoms with Crippen molar-refractivity contribution in [3.8, 4) is 0 Å². The molecule has 6 heteroatoms. The molecular formula is C17H19F2N3O. The first-order valence-electron chi connectivity index (χ1n) is 7.73. The van der Waals surface area contributed by atoms with E-state index in [1.807, 2.05) is 20.2 Å². The molecule has 1 aliphatic carbocycles. The Kier molecular flexibility index (Phi) is 4.15. The van der Waals surface area contributed by atoms with Gasteiger partial charge in [-0.3, -0.25) is 9.48 Å². The summed E-state index contributed by atoms with van der Waals surface area (Å²) in [6, 6.07) is 2.80. The van der Waals surface area contributed by atoms with E-state index in [1.165, 1.54) is 0 Å². The number of benzene rings is 1. The van der Waals surface area contributed by atoms with Crippen molar-refractivity contribution >= 4 is 5.91 Å². The number of hydrogen-bond acceptors (Lipinski definition) is 2. The van der Waals surface area contributed by atoms with Crippen LogP contribution in [-0.4, -0.2) is 15.7 Å². The lowest BCUT2D eigenvalue weighted by molar-refractivity contribution is -0.123. The fourth-order valence-corrected chi connectivity index (χ4v) is 2.94. The zero-order chi connectivity index (χ0) is 16.6. The van der Waals surface area contributed by atoms with E-state index in [2.05, 4.69) is 10.4 Å². The Morgan fingerprint density at radius 2 is 2.26 bits per heavy atom. The molecule has 0 bridgehead atoms. The van der Waals surface area contributed by atoms with Crippen molar-refractivity contribution in [3.05, 3.63) is 53.4 Å². The number of carbonyl (C=O) groups excluding carboxylic acids is 1. The van der Waals surface area contributed by atoms with Gasteiger partial charge in [0.05, 0.1) is 12.2 Å². The van der Waals surface area contributed by atoms with Gasteiger partial charge in [-0.2, -0.15) is 5.10 Å². The van der Waals surface area contributed by atoms with E-state index in [4.69, 9.17) is 0 Å². The number of nitrogens with one attached hydrogen (secondary N) is 1. The summed E-state index contributed by atoms with van der Waals surface area (Å²) in [6.45, 7) is 1.83. The smallest absolute Gasteiger partial charge is 0.224 e. The molecule has 2 aromatic rings. The zero-order valence-corrected chi connectivity index (χ0v) is 13.1. The summed E-state index contributed by atoms with van der Waals surface area (Å²) in [5.41, 5.74) is 1.23. The van der Waals surface area contributed by atoms with Gasteiger partial charge in [0.15, 0.2) is 0 Å². The first kappa shape index (κ1) is 15.6. The van der Waals surface area contributed by atoms with E-state index < -0.39 is 17.7 Å². The van der Waals surface area contributed by atoms with Crippen LogP contribution in [0.2, 0.25) is 0 Å². The van der Waals surface area contributed by atoms with Crippen LogP contribution in [0.3, 0.4) is 0 Å². The van der Waals surface area contributed by atoms with Crippen molar-refractivity contribution in [2.24, 2.45) is 13.0 Å². The monoisotopic (exact) mass is 319 g/mol. The average molecular weight is 319 g/mol. The third-order valence-electron chi connectivity index (χ3n) is 4.34. The molecule has 1 aromatic heterocycles. The molecule has 1 saturated carbocycles. The average Bonchev–Trinajstić information content (AvgIpc) is 3.22. The largest absolute Gasteiger partial charge is 0.349 e. The molecule has 122 valence electrons. The number of nitrogens with zero attached hydrogens (tertiary/aromatic N) is 2. The lowest BCUT2D eigenvalue weighted by Crippen LogP contribution is -2.30. The normalized spacial score (nSPS) is 21.0. The van der Waals surface area contributed by atoms with E-state index >= 15 is 0 Å². The number of aromatic nitrogens is 2. The summed E-state index contributed by atoms with van der Waals surface area (Å²) < 4.78 is 28.9. The maximum Gasteiger partial charge on any atom is 0.224 e. The molecular weight excluding hydrogens is 300 g/mol. The minimum Gasteiger partial charge on any atom is -0.349 e. The second-order valence-corrected chi connectivity index (χ2v) is 6.03. The fourth-order valence-electron chi connectivity index (χ4n) is 2.94. The molecule has 1 amide bonds. The molecule has 3 atom stereocenters. The predicted octanol–water partition coefficient (Wildman–Crippen LogP) is 3.07. The summed E-state index contributed by atoms with van der Waals surface area (Å²) in [7, 11) is 1.83. The van der Waals surface area contributed by atoms with Crippen LogP contribution in [-0.2, 0) is 11.8 Å². The molecule has 23 heavy (non-hydrogen) atoms. The Hall–Kier alpha value is -2.24. The van der Waals surface area contributed by atoms with E-state index in [0.717, 1.165) is 30.2 Å². The van der Waals surface area contributed by atoms with Crippen LogP contribution >= 0.6 is 0 Å². The van der Waals surface area contributed by atoms with E-state index in [9.17, 15) is 13.6 Å². The zero-order valence-electron chi connectivity index (χ0n) is 13.1. The summed E-state index contributed by atoms with van der Waals surface area (Å²) >= 11 is 0. The molecule has 0 unspecified atom stereocenters. The third-order valence-corrected chi connectivity index (χ3v) is 4.34. The van der Waals surface area contributed by atoms with Gasteiger partial charge in [-0.1, -0.05) is 6.92 Å². The summed E-state index contributed by atoms with van der Waals surface area (Å²) in [6.07, 6.45) is 4.93. The molecule has 4 nitrogen and oxygen atoms in total. The molecule has 3 rings (SSSR count). The molecule has 1 N–H and O–H groups in total. The van der Waals surface area contributed by atoms with Crippen molar-refractivity contribution in [1.82, 2.24) is 15.1 Å². The second-order valence-electron chi connectivity index (χ2n) is 6.03. The number of carbonyl (C=O) groups is 1. The Bertz CT molecular complexity index is 728. The highest BCUT2D eigenvalue weighted by molar-refractivity contribution is 5.83. The SMILES string of the molecule is CC[C@H](NC(=O)[C@@H]1C[C@@H]1c1cnn(C)c1)c1cc(F)ccc1F. The highest BCUT2D eigenvalue weighted by atomic mass is 19.1. The number of amides is 1. The second kappa shape index (κ2) is 6.10. The van der Waals surface area contributed by atoms with Gasteiger partial charge in [-0.25, -0.2) is 8.78 Å². The topological polar surface area (TPSA) is 46.9 Å². The highest BCUT2D eigenvalue weighted by Gasteiger charge is 2.45. The van der Waals surface area contributed by atoms with E-state index in [0.29, 0.717) is 6.42 Å². The standard InChI is InChI=1S/C17H19F2N3O/c1-3-16(14-6-11(18)4-5-15(14)19)21-17(23)13-7-12(13)10-8-20-22(2)9-10/h4-6,8-9,12-13,16H,3,7H2,1-2H3,(H,21,23)/t12-,13-,16+/m1/s1. The van der Waals surface area contributed by atoms with Gasteiger partial charge in [0.1, 0.15) is 11.6 Å². The summed E-state index contributed by atoms with van der Waals surface area (Å²) in [5, 5.41) is 6.96. The van der Waals surface area contributed by atoms with E-state index in [1.54, 1.807) is 10.9 Å². The first-order valence-corrected chi connectivity index (χ1v) is 7.73. The van der Waals surface area contributed by atoms with Crippen LogP contribution < -0.4 is 5.32 Å². The van der Waals surface area contributed by atoms with Gasteiger partial charge in [0, 0.05) is 24.7 Å². The molecule has 0 spiro atoms. The lowest BCUT2D eigenvalue weighted by Gasteiger charge is -2.18. The van der Waals surface area contributed by atoms with Crippen LogP contribution in [0.15, 0.2) is 30.6 Å². The van der Waals surface area contributed by atoms with Crippen LogP contribution in [0.4, 0.5) is 8.78 Å². The number of hydrogen-bond donors (Lipinski definition) is 1. The third kappa shape index (κ3) is 3.25. The van der Waals surface area contributed by atoms with Crippen LogP contribution in [0, 0.1) is 17.6 Å². The van der Waals surface area contributed by atoms with Gasteiger partial charge in [0.2, 0.25) is 5.91 Å². The van der Waals surface area contributed by atoms with Crippen LogP contribution in [0.1, 0.15) is 42.9 Å². The lowest BCUT2D eigenvalue weighted by atomic mass is 10.0. The van der Waals surface area contributed by atoms with Crippen molar-refractivity contribution in [2.75, 3.05) is 0 Å². The van der Waals surface area contributed by atoms with Crippen molar-refractivity contribution in [2.45, 2.75) is 31.7 Å². The number of halogens is 2. The minimum absolute atomic E-state index is 0.116. The quantitative estimate of drug-likeness (QED) is 0.920. The molecule has 0 radical (unpaired) electrons. The molecule has 1 fully saturated rings. The van der Waals surface area contributed by atoms with Crippen molar-refractivity contribution in [3.63, 3.8) is 0 Å². The van der Waals surface area contributed by atoms with Gasteiger partial charge in [-0.15, -0.1) is 0 Å². The van der Waals surface area contributed by atoms with Crippen LogP contribution in [0.25, 0.3) is 0 Å². The highest BCUT2D eigenvalue weighted by Crippen LogP contribution is 2.47. The number of rotatable bonds is 5. The number of aryl methyl sites for hydroxylation is 1. The minimum atomic E-state index is -0.520. The summed E-state index contributed by atoms with van der Waals surface area (Å²) in [5.74, 6) is -1.08. The van der Waals surface area contributed by atoms with E-state index in [-0.39, 0.29) is 23.3 Å². The van der Waals surface area contributed by atoms with Crippen molar-refractivity contribution < 1.29 is 13.6 Å². The first-order chi connectivity index (χ1) is 11.0. The van der Waals surface area contributed by atoms with Gasteiger partial charge >= 0.3 is 0 Å². The molecule has 0 saturated heterocycles. The molecule has 1 heterocycles. The Morgan fingerprint density at radius 3 is 2.91 bits per heavy atom. The van der Waals surface area contributed by atoms with Crippen molar-refractivity contribution in [1.29, 1.82) is 0 Å². The van der Waals surface area contributed by atoms with Gasteiger partial charge in [-0.05, 0) is 42.5 Å². The summed E-state index contributed by atoms with van der Waals surface area (Å²) in [4.78, 5) is 12.4. The molecule has 1 aromatic carbocycles. The van der Waals surface area contributed by atoms with Crippen LogP contribution in [0.5, 0.6) is 0 Å². The fraction of sp³-hybridized carbons (Fsp3) is 0.412. The van der Waals surface area contributed by atoms with Gasteiger partial charge < -0.3 is 5.32 Å². The van der Waals surface area contributed by atoms with Gasteiger partial charge in [0.25, 0.3) is 0 Å².